The SMILES string of the molecule is C[C@@H](O)[C@@H](N)C(NCc1ccc(C(F)(F)F)cc1)c1ccccc1. The number of aliphatic hydroxyl groups excluding tert-OH is 1. The summed E-state index contributed by atoms with van der Waals surface area (Å²) in [7, 11) is 0. The van der Waals surface area contributed by atoms with Crippen LogP contribution in [0, 0.1) is 0 Å². The van der Waals surface area contributed by atoms with E-state index in [9.17, 15) is 18.3 Å². The van der Waals surface area contributed by atoms with Crippen molar-refractivity contribution in [2.45, 2.75) is 37.8 Å². The lowest BCUT2D eigenvalue weighted by atomic mass is 9.96. The zero-order valence-corrected chi connectivity index (χ0v) is 13.3. The number of aliphatic hydroxyl groups is 1. The van der Waals surface area contributed by atoms with E-state index in [4.69, 9.17) is 5.73 Å². The van der Waals surface area contributed by atoms with Crippen LogP contribution in [-0.4, -0.2) is 17.3 Å². The Balaban J connectivity index is 2.10. The van der Waals surface area contributed by atoms with Crippen LogP contribution in [0.3, 0.4) is 0 Å². The van der Waals surface area contributed by atoms with Gasteiger partial charge in [-0.3, -0.25) is 0 Å². The zero-order chi connectivity index (χ0) is 17.7. The molecule has 0 saturated heterocycles. The lowest BCUT2D eigenvalue weighted by Crippen LogP contribution is -2.44. The molecule has 6 heteroatoms. The Kier molecular flexibility index (Phi) is 5.99. The predicted octanol–water partition coefficient (Wildman–Crippen LogP) is 3.24. The number of nitrogens with one attached hydrogen (secondary N) is 1. The van der Waals surface area contributed by atoms with Crippen LogP contribution in [0.4, 0.5) is 13.2 Å². The molecule has 0 bridgehead atoms. The third-order valence-corrected chi connectivity index (χ3v) is 3.91. The fraction of sp³-hybridized carbons (Fsp3) is 0.333. The van der Waals surface area contributed by atoms with Crippen LogP contribution < -0.4 is 11.1 Å². The van der Waals surface area contributed by atoms with E-state index in [1.54, 1.807) is 6.92 Å². The van der Waals surface area contributed by atoms with Crippen LogP contribution in [-0.2, 0) is 12.7 Å². The van der Waals surface area contributed by atoms with Crippen LogP contribution in [0.25, 0.3) is 0 Å². The van der Waals surface area contributed by atoms with E-state index in [0.717, 1.165) is 17.7 Å². The van der Waals surface area contributed by atoms with Crippen LogP contribution >= 0.6 is 0 Å². The van der Waals surface area contributed by atoms with Gasteiger partial charge in [0.25, 0.3) is 0 Å². The van der Waals surface area contributed by atoms with Crippen molar-refractivity contribution < 1.29 is 18.3 Å². The summed E-state index contributed by atoms with van der Waals surface area (Å²) in [5.41, 5.74) is 7.03. The van der Waals surface area contributed by atoms with E-state index in [1.165, 1.54) is 12.1 Å². The van der Waals surface area contributed by atoms with Crippen molar-refractivity contribution >= 4 is 0 Å². The van der Waals surface area contributed by atoms with Gasteiger partial charge in [0.15, 0.2) is 0 Å². The van der Waals surface area contributed by atoms with E-state index < -0.39 is 23.9 Å². The van der Waals surface area contributed by atoms with Crippen molar-refractivity contribution in [1.82, 2.24) is 5.32 Å². The predicted molar refractivity (Wildman–Crippen MR) is 87.1 cm³/mol. The molecule has 24 heavy (non-hydrogen) atoms. The number of rotatable bonds is 6. The fourth-order valence-electron chi connectivity index (χ4n) is 2.45. The summed E-state index contributed by atoms with van der Waals surface area (Å²) >= 11 is 0. The van der Waals surface area contributed by atoms with Gasteiger partial charge in [-0.05, 0) is 30.2 Å². The van der Waals surface area contributed by atoms with Crippen LogP contribution in [0.5, 0.6) is 0 Å². The van der Waals surface area contributed by atoms with Crippen molar-refractivity contribution in [1.29, 1.82) is 0 Å². The summed E-state index contributed by atoms with van der Waals surface area (Å²) in [4.78, 5) is 0. The Morgan fingerprint density at radius 1 is 1.04 bits per heavy atom. The maximum atomic E-state index is 12.6. The lowest BCUT2D eigenvalue weighted by Gasteiger charge is -2.27. The molecule has 0 amide bonds. The molecule has 0 heterocycles. The molecule has 0 saturated carbocycles. The molecule has 130 valence electrons. The van der Waals surface area contributed by atoms with Gasteiger partial charge in [0.05, 0.1) is 17.7 Å². The maximum Gasteiger partial charge on any atom is 0.416 e. The third kappa shape index (κ3) is 4.80. The summed E-state index contributed by atoms with van der Waals surface area (Å²) < 4.78 is 37.8. The normalized spacial score (nSPS) is 15.8. The summed E-state index contributed by atoms with van der Waals surface area (Å²) in [5.74, 6) is 0. The van der Waals surface area contributed by atoms with Gasteiger partial charge >= 0.3 is 6.18 Å². The van der Waals surface area contributed by atoms with Crippen LogP contribution in [0.2, 0.25) is 0 Å². The summed E-state index contributed by atoms with van der Waals surface area (Å²) in [5, 5.41) is 13.0. The number of hydrogen-bond donors (Lipinski definition) is 3. The number of nitrogens with two attached hydrogens (primary N) is 1. The second-order valence-electron chi connectivity index (χ2n) is 5.78. The van der Waals surface area contributed by atoms with Crippen LogP contribution in [0.1, 0.15) is 29.7 Å². The van der Waals surface area contributed by atoms with Gasteiger partial charge < -0.3 is 16.2 Å². The van der Waals surface area contributed by atoms with Gasteiger partial charge in [-0.25, -0.2) is 0 Å². The molecular formula is C18H21F3N2O. The van der Waals surface area contributed by atoms with E-state index in [-0.39, 0.29) is 6.04 Å². The first-order valence-corrected chi connectivity index (χ1v) is 7.67. The molecule has 0 spiro atoms. The number of hydrogen-bond acceptors (Lipinski definition) is 3. The first kappa shape index (κ1) is 18.4. The topological polar surface area (TPSA) is 58.3 Å². The molecule has 3 atom stereocenters. The molecule has 1 unspecified atom stereocenters. The highest BCUT2D eigenvalue weighted by molar-refractivity contribution is 5.25. The highest BCUT2D eigenvalue weighted by Gasteiger charge is 2.30. The number of halogens is 3. The third-order valence-electron chi connectivity index (χ3n) is 3.91. The van der Waals surface area contributed by atoms with Gasteiger partial charge in [0, 0.05) is 12.6 Å². The van der Waals surface area contributed by atoms with Crippen molar-refractivity contribution in [3.8, 4) is 0 Å². The minimum Gasteiger partial charge on any atom is -0.392 e. The highest BCUT2D eigenvalue weighted by atomic mass is 19.4. The molecule has 0 aromatic heterocycles. The largest absolute Gasteiger partial charge is 0.416 e. The molecule has 2 rings (SSSR count). The van der Waals surface area contributed by atoms with E-state index >= 15 is 0 Å². The standard InChI is InChI=1S/C18H21F3N2O/c1-12(24)16(22)17(14-5-3-2-4-6-14)23-11-13-7-9-15(10-8-13)18(19,20)21/h2-10,12,16-17,23-24H,11,22H2,1H3/t12-,16-,17?/m1/s1. The number of benzene rings is 2. The Labute approximate surface area is 139 Å². The summed E-state index contributed by atoms with van der Waals surface area (Å²) in [6.45, 7) is 1.96. The monoisotopic (exact) mass is 338 g/mol. The Morgan fingerprint density at radius 3 is 2.12 bits per heavy atom. The molecule has 4 N–H and O–H groups in total. The molecule has 0 aliphatic heterocycles. The molecule has 2 aromatic carbocycles. The summed E-state index contributed by atoms with van der Waals surface area (Å²) in [6, 6.07) is 13.6. The van der Waals surface area contributed by atoms with Crippen molar-refractivity contribution in [2.24, 2.45) is 5.73 Å². The Morgan fingerprint density at radius 2 is 1.62 bits per heavy atom. The second-order valence-corrected chi connectivity index (χ2v) is 5.78. The molecule has 2 aromatic rings. The zero-order valence-electron chi connectivity index (χ0n) is 13.3. The van der Waals surface area contributed by atoms with E-state index in [0.29, 0.717) is 12.1 Å². The molecular weight excluding hydrogens is 317 g/mol. The van der Waals surface area contributed by atoms with E-state index in [2.05, 4.69) is 5.32 Å². The Hall–Kier alpha value is -1.89. The minimum atomic E-state index is -4.34. The molecule has 3 nitrogen and oxygen atoms in total. The average molecular weight is 338 g/mol. The van der Waals surface area contributed by atoms with E-state index in [1.807, 2.05) is 30.3 Å². The second kappa shape index (κ2) is 7.79. The Bertz CT molecular complexity index is 627. The minimum absolute atomic E-state index is 0.312. The lowest BCUT2D eigenvalue weighted by molar-refractivity contribution is -0.137. The summed E-state index contributed by atoms with van der Waals surface area (Å²) in [6.07, 6.45) is -5.07. The molecule has 0 aliphatic rings. The van der Waals surface area contributed by atoms with Crippen LogP contribution in [0.15, 0.2) is 54.6 Å². The molecule has 0 aliphatic carbocycles. The smallest absolute Gasteiger partial charge is 0.392 e. The molecule has 0 radical (unpaired) electrons. The van der Waals surface area contributed by atoms with Gasteiger partial charge in [-0.2, -0.15) is 13.2 Å². The fourth-order valence-corrected chi connectivity index (χ4v) is 2.45. The maximum absolute atomic E-state index is 12.6. The number of alkyl halides is 3. The van der Waals surface area contributed by atoms with Crippen molar-refractivity contribution in [3.63, 3.8) is 0 Å². The first-order valence-electron chi connectivity index (χ1n) is 7.67. The quantitative estimate of drug-likeness (QED) is 0.758. The van der Waals surface area contributed by atoms with Crippen molar-refractivity contribution in [2.75, 3.05) is 0 Å². The van der Waals surface area contributed by atoms with Gasteiger partial charge in [0.1, 0.15) is 0 Å². The van der Waals surface area contributed by atoms with Gasteiger partial charge in [-0.15, -0.1) is 0 Å². The highest BCUT2D eigenvalue weighted by Crippen LogP contribution is 2.29. The van der Waals surface area contributed by atoms with Gasteiger partial charge in [0.2, 0.25) is 0 Å². The molecule has 0 fully saturated rings. The average Bonchev–Trinajstić information content (AvgIpc) is 2.55. The first-order chi connectivity index (χ1) is 11.3. The van der Waals surface area contributed by atoms with Crippen molar-refractivity contribution in [3.05, 3.63) is 71.3 Å². The van der Waals surface area contributed by atoms with Gasteiger partial charge in [-0.1, -0.05) is 42.5 Å².